The molecule has 0 spiro atoms. The van der Waals surface area contributed by atoms with Gasteiger partial charge in [-0.1, -0.05) is 18.2 Å². The Morgan fingerprint density at radius 2 is 1.86 bits per heavy atom. The van der Waals surface area contributed by atoms with E-state index in [4.69, 9.17) is 0 Å². The molecule has 21 heavy (non-hydrogen) atoms. The summed E-state index contributed by atoms with van der Waals surface area (Å²) in [5.41, 5.74) is 1.77. The average Bonchev–Trinajstić information content (AvgIpc) is 2.61. The number of hydrogen-bond donors (Lipinski definition) is 1. The number of aryl methyl sites for hydroxylation is 2. The summed E-state index contributed by atoms with van der Waals surface area (Å²) in [7, 11) is 1.71. The number of aromatic nitrogens is 2. The highest BCUT2D eigenvalue weighted by Crippen LogP contribution is 2.35. The van der Waals surface area contributed by atoms with Crippen LogP contribution in [0, 0.1) is 13.8 Å². The van der Waals surface area contributed by atoms with Gasteiger partial charge in [-0.25, -0.2) is 0 Å². The van der Waals surface area contributed by atoms with Crippen LogP contribution < -0.4 is 4.74 Å². The lowest BCUT2D eigenvalue weighted by molar-refractivity contribution is -0.275. The Balaban J connectivity index is 2.46. The Morgan fingerprint density at radius 1 is 1.24 bits per heavy atom. The monoisotopic (exact) mass is 300 g/mol. The van der Waals surface area contributed by atoms with E-state index in [0.29, 0.717) is 17.0 Å². The van der Waals surface area contributed by atoms with Crippen LogP contribution in [0.25, 0.3) is 0 Å². The summed E-state index contributed by atoms with van der Waals surface area (Å²) in [6.45, 7) is 3.44. The van der Waals surface area contributed by atoms with Crippen molar-refractivity contribution in [3.8, 4) is 5.75 Å². The van der Waals surface area contributed by atoms with E-state index < -0.39 is 18.2 Å². The molecule has 1 heterocycles. The fourth-order valence-electron chi connectivity index (χ4n) is 2.27. The van der Waals surface area contributed by atoms with Crippen molar-refractivity contribution in [3.05, 3.63) is 46.8 Å². The first-order valence-electron chi connectivity index (χ1n) is 6.23. The third-order valence-corrected chi connectivity index (χ3v) is 3.28. The zero-order valence-electron chi connectivity index (χ0n) is 11.8. The number of para-hydroxylation sites is 1. The predicted molar refractivity (Wildman–Crippen MR) is 69.9 cm³/mol. The zero-order valence-corrected chi connectivity index (χ0v) is 11.8. The molecular formula is C14H15F3N2O2. The number of aliphatic hydroxyl groups excluding tert-OH is 1. The molecule has 2 aromatic rings. The highest BCUT2D eigenvalue weighted by molar-refractivity contribution is 5.42. The molecule has 0 aliphatic carbocycles. The minimum absolute atomic E-state index is 0.0500. The van der Waals surface area contributed by atoms with Gasteiger partial charge in [0.15, 0.2) is 0 Å². The number of alkyl halides is 3. The minimum atomic E-state index is -4.81. The average molecular weight is 300 g/mol. The van der Waals surface area contributed by atoms with Crippen LogP contribution in [-0.4, -0.2) is 21.2 Å². The molecule has 1 N–H and O–H groups in total. The summed E-state index contributed by atoms with van der Waals surface area (Å²) in [5.74, 6) is -0.417. The molecule has 0 bridgehead atoms. The molecule has 1 unspecified atom stereocenters. The van der Waals surface area contributed by atoms with E-state index in [0.717, 1.165) is 0 Å². The molecule has 2 rings (SSSR count). The van der Waals surface area contributed by atoms with Crippen LogP contribution in [0.3, 0.4) is 0 Å². The van der Waals surface area contributed by atoms with Crippen molar-refractivity contribution in [3.63, 3.8) is 0 Å². The SMILES string of the molecule is Cc1nn(C)c(C)c1C(O)c1ccccc1OC(F)(F)F. The van der Waals surface area contributed by atoms with Crippen LogP contribution >= 0.6 is 0 Å². The summed E-state index contributed by atoms with van der Waals surface area (Å²) < 4.78 is 42.8. The van der Waals surface area contributed by atoms with Gasteiger partial charge >= 0.3 is 6.36 Å². The molecule has 0 fully saturated rings. The van der Waals surface area contributed by atoms with Crippen LogP contribution in [0.2, 0.25) is 0 Å². The van der Waals surface area contributed by atoms with Gasteiger partial charge in [0.25, 0.3) is 0 Å². The second-order valence-corrected chi connectivity index (χ2v) is 4.70. The molecule has 7 heteroatoms. The number of hydrogen-bond acceptors (Lipinski definition) is 3. The van der Waals surface area contributed by atoms with Crippen LogP contribution in [0.4, 0.5) is 13.2 Å². The summed E-state index contributed by atoms with van der Waals surface area (Å²) in [6, 6.07) is 5.54. The summed E-state index contributed by atoms with van der Waals surface area (Å²) in [4.78, 5) is 0. The minimum Gasteiger partial charge on any atom is -0.405 e. The first-order chi connectivity index (χ1) is 9.70. The highest BCUT2D eigenvalue weighted by atomic mass is 19.4. The molecular weight excluding hydrogens is 285 g/mol. The van der Waals surface area contributed by atoms with Gasteiger partial charge in [-0.15, -0.1) is 13.2 Å². The second-order valence-electron chi connectivity index (χ2n) is 4.70. The maximum absolute atomic E-state index is 12.4. The Bertz CT molecular complexity index is 650. The first-order valence-corrected chi connectivity index (χ1v) is 6.23. The molecule has 0 aliphatic heterocycles. The maximum Gasteiger partial charge on any atom is 0.573 e. The van der Waals surface area contributed by atoms with Gasteiger partial charge in [0.2, 0.25) is 0 Å². The van der Waals surface area contributed by atoms with E-state index in [2.05, 4.69) is 9.84 Å². The van der Waals surface area contributed by atoms with Crippen molar-refractivity contribution >= 4 is 0 Å². The van der Waals surface area contributed by atoms with Crippen LogP contribution in [0.1, 0.15) is 28.6 Å². The van der Waals surface area contributed by atoms with Crippen LogP contribution in [0.15, 0.2) is 24.3 Å². The highest BCUT2D eigenvalue weighted by Gasteiger charge is 2.33. The van der Waals surface area contributed by atoms with E-state index >= 15 is 0 Å². The lowest BCUT2D eigenvalue weighted by Gasteiger charge is -2.17. The Hall–Kier alpha value is -2.02. The first kappa shape index (κ1) is 15.4. The lowest BCUT2D eigenvalue weighted by Crippen LogP contribution is -2.19. The molecule has 4 nitrogen and oxygen atoms in total. The van der Waals surface area contributed by atoms with E-state index in [9.17, 15) is 18.3 Å². The molecule has 0 radical (unpaired) electrons. The van der Waals surface area contributed by atoms with Crippen molar-refractivity contribution in [2.75, 3.05) is 0 Å². The van der Waals surface area contributed by atoms with Gasteiger partial charge in [-0.2, -0.15) is 5.10 Å². The fourth-order valence-corrected chi connectivity index (χ4v) is 2.27. The number of aliphatic hydroxyl groups is 1. The van der Waals surface area contributed by atoms with Crippen LogP contribution in [0.5, 0.6) is 5.75 Å². The second kappa shape index (κ2) is 5.40. The van der Waals surface area contributed by atoms with Crippen molar-refractivity contribution < 1.29 is 23.0 Å². The molecule has 1 atom stereocenters. The van der Waals surface area contributed by atoms with Gasteiger partial charge in [0.05, 0.1) is 5.69 Å². The Morgan fingerprint density at radius 3 is 2.38 bits per heavy atom. The van der Waals surface area contributed by atoms with Crippen molar-refractivity contribution in [1.29, 1.82) is 0 Å². The number of nitrogens with zero attached hydrogens (tertiary/aromatic N) is 2. The molecule has 0 amide bonds. The Labute approximate surface area is 119 Å². The predicted octanol–water partition coefficient (Wildman–Crippen LogP) is 3.02. The molecule has 114 valence electrons. The molecule has 1 aromatic carbocycles. The quantitative estimate of drug-likeness (QED) is 0.948. The van der Waals surface area contributed by atoms with E-state index in [1.54, 1.807) is 31.6 Å². The molecule has 0 saturated carbocycles. The van der Waals surface area contributed by atoms with Crippen molar-refractivity contribution in [1.82, 2.24) is 9.78 Å². The van der Waals surface area contributed by atoms with Gasteiger partial charge in [0, 0.05) is 23.9 Å². The van der Waals surface area contributed by atoms with Gasteiger partial charge < -0.3 is 9.84 Å². The van der Waals surface area contributed by atoms with Gasteiger partial charge in [-0.3, -0.25) is 4.68 Å². The number of rotatable bonds is 3. The summed E-state index contributed by atoms with van der Waals surface area (Å²) in [6.07, 6.45) is -6.05. The molecule has 0 saturated heterocycles. The summed E-state index contributed by atoms with van der Waals surface area (Å²) >= 11 is 0. The van der Waals surface area contributed by atoms with Gasteiger partial charge in [-0.05, 0) is 19.9 Å². The largest absolute Gasteiger partial charge is 0.573 e. The zero-order chi connectivity index (χ0) is 15.8. The number of halogens is 3. The van der Waals surface area contributed by atoms with Crippen molar-refractivity contribution in [2.45, 2.75) is 26.3 Å². The third kappa shape index (κ3) is 3.18. The van der Waals surface area contributed by atoms with Crippen LogP contribution in [-0.2, 0) is 7.05 Å². The fraction of sp³-hybridized carbons (Fsp3) is 0.357. The number of ether oxygens (including phenoxy) is 1. The number of benzene rings is 1. The standard InChI is InChI=1S/C14H15F3N2O2/c1-8-12(9(2)19(3)18-8)13(20)10-6-4-5-7-11(10)21-14(15,16)17/h4-7,13,20H,1-3H3. The lowest BCUT2D eigenvalue weighted by atomic mass is 9.99. The Kier molecular flexibility index (Phi) is 3.95. The molecule has 0 aliphatic rings. The van der Waals surface area contributed by atoms with Gasteiger partial charge in [0.1, 0.15) is 11.9 Å². The van der Waals surface area contributed by atoms with Crippen molar-refractivity contribution in [2.24, 2.45) is 7.05 Å². The summed E-state index contributed by atoms with van der Waals surface area (Å²) in [5, 5.41) is 14.6. The maximum atomic E-state index is 12.4. The van der Waals surface area contributed by atoms with E-state index in [1.807, 2.05) is 0 Å². The smallest absolute Gasteiger partial charge is 0.405 e. The molecule has 1 aromatic heterocycles. The van der Waals surface area contributed by atoms with E-state index in [-0.39, 0.29) is 5.56 Å². The normalized spacial score (nSPS) is 13.3. The third-order valence-electron chi connectivity index (χ3n) is 3.28. The van der Waals surface area contributed by atoms with E-state index in [1.165, 1.54) is 18.2 Å². The topological polar surface area (TPSA) is 47.3 Å².